The maximum absolute atomic E-state index is 11.8. The number of hydrogen-bond acceptors (Lipinski definition) is 6. The highest BCUT2D eigenvalue weighted by atomic mass is 32.2. The number of nitrogens with zero attached hydrogens (tertiary/aromatic N) is 1. The van der Waals surface area contributed by atoms with Gasteiger partial charge in [-0.3, -0.25) is 5.32 Å². The van der Waals surface area contributed by atoms with Crippen LogP contribution >= 0.6 is 12.0 Å². The molecule has 0 saturated carbocycles. The molecule has 0 spiro atoms. The first-order chi connectivity index (χ1) is 13.9. The van der Waals surface area contributed by atoms with Crippen LogP contribution in [0.4, 0.5) is 10.5 Å². The molecule has 0 radical (unpaired) electrons. The summed E-state index contributed by atoms with van der Waals surface area (Å²) in [6.45, 7) is 8.39. The molecule has 2 aromatic rings. The summed E-state index contributed by atoms with van der Waals surface area (Å²) in [7, 11) is 0. The topological polar surface area (TPSA) is 69.2 Å². The average Bonchev–Trinajstić information content (AvgIpc) is 2.66. The second-order valence-electron chi connectivity index (χ2n) is 7.39. The first-order valence-electron chi connectivity index (χ1n) is 9.56. The lowest BCUT2D eigenvalue weighted by atomic mass is 9.94. The molecule has 0 saturated heterocycles. The third-order valence-corrected chi connectivity index (χ3v) is 5.32. The minimum Gasteiger partial charge on any atom is -0.491 e. The average molecular weight is 415 g/mol. The number of anilines is 1. The summed E-state index contributed by atoms with van der Waals surface area (Å²) in [6.07, 6.45) is 2.77. The Bertz CT molecular complexity index is 912. The Morgan fingerprint density at radius 1 is 1.21 bits per heavy atom. The summed E-state index contributed by atoms with van der Waals surface area (Å²) in [5, 5.41) is 6.71. The van der Waals surface area contributed by atoms with E-state index in [0.29, 0.717) is 18.0 Å². The second kappa shape index (κ2) is 9.22. The van der Waals surface area contributed by atoms with E-state index in [1.807, 2.05) is 38.1 Å². The molecule has 1 N–H and O–H groups in total. The van der Waals surface area contributed by atoms with Crippen LogP contribution in [0.5, 0.6) is 5.75 Å². The highest BCUT2D eigenvalue weighted by Crippen LogP contribution is 2.40. The number of ether oxygens (including phenoxy) is 2. The van der Waals surface area contributed by atoms with Crippen LogP contribution in [0.25, 0.3) is 0 Å². The van der Waals surface area contributed by atoms with Crippen molar-refractivity contribution < 1.29 is 18.6 Å². The van der Waals surface area contributed by atoms with Crippen LogP contribution < -0.4 is 10.1 Å². The minimum absolute atomic E-state index is 0.468. The summed E-state index contributed by atoms with van der Waals surface area (Å²) >= 11 is 1.24. The molecular formula is C22H26N2O4S. The maximum Gasteiger partial charge on any atom is 0.412 e. The van der Waals surface area contributed by atoms with Gasteiger partial charge in [0.25, 0.3) is 0 Å². The number of nitrogens with one attached hydrogen (secondary N) is 1. The molecule has 154 valence electrons. The number of fused-ring (bicyclic) bond motifs is 1. The second-order valence-corrected chi connectivity index (χ2v) is 8.17. The number of carbonyl (C=O) groups excluding carboxylic acids is 1. The molecule has 1 aliphatic rings. The smallest absolute Gasteiger partial charge is 0.412 e. The molecule has 7 heteroatoms. The summed E-state index contributed by atoms with van der Waals surface area (Å²) in [4.78, 5) is 12.8. The lowest BCUT2D eigenvalue weighted by Gasteiger charge is -2.33. The number of para-hydroxylation sites is 1. The van der Waals surface area contributed by atoms with Crippen molar-refractivity contribution in [2.45, 2.75) is 51.0 Å². The Hall–Kier alpha value is -2.67. The highest BCUT2D eigenvalue weighted by molar-refractivity contribution is 7.94. The van der Waals surface area contributed by atoms with E-state index in [2.05, 4.69) is 36.5 Å². The number of oxime groups is 1. The van der Waals surface area contributed by atoms with E-state index in [4.69, 9.17) is 13.8 Å². The van der Waals surface area contributed by atoms with E-state index in [1.54, 1.807) is 6.21 Å². The zero-order valence-electron chi connectivity index (χ0n) is 17.2. The number of aryl methyl sites for hydroxylation is 2. The van der Waals surface area contributed by atoms with Crippen molar-refractivity contribution in [2.24, 2.45) is 5.16 Å². The van der Waals surface area contributed by atoms with Crippen molar-refractivity contribution in [2.75, 3.05) is 11.9 Å². The third kappa shape index (κ3) is 5.44. The summed E-state index contributed by atoms with van der Waals surface area (Å²) in [5.74, 6) is 0.644. The molecule has 1 heterocycles. The number of rotatable bonds is 8. The zero-order valence-corrected chi connectivity index (χ0v) is 18.0. The molecule has 0 bridgehead atoms. The molecule has 0 fully saturated rings. The predicted octanol–water partition coefficient (Wildman–Crippen LogP) is 5.97. The van der Waals surface area contributed by atoms with Crippen molar-refractivity contribution in [3.8, 4) is 5.75 Å². The number of benzene rings is 2. The zero-order chi connectivity index (χ0) is 20.9. The first kappa shape index (κ1) is 21.0. The van der Waals surface area contributed by atoms with Gasteiger partial charge in [0.1, 0.15) is 23.4 Å². The summed E-state index contributed by atoms with van der Waals surface area (Å²) < 4.78 is 16.5. The van der Waals surface area contributed by atoms with E-state index in [-0.39, 0.29) is 0 Å². The Kier molecular flexibility index (Phi) is 6.69. The van der Waals surface area contributed by atoms with Crippen LogP contribution in [0.2, 0.25) is 0 Å². The normalized spacial score (nSPS) is 14.8. The van der Waals surface area contributed by atoms with Crippen molar-refractivity contribution in [3.63, 3.8) is 0 Å². The minimum atomic E-state index is -0.686. The lowest BCUT2D eigenvalue weighted by Crippen LogP contribution is -2.34. The molecule has 1 aliphatic heterocycles. The molecule has 0 unspecified atom stereocenters. The molecule has 0 aliphatic carbocycles. The van der Waals surface area contributed by atoms with Crippen LogP contribution in [0, 0.1) is 13.8 Å². The molecule has 3 rings (SSSR count). The third-order valence-electron chi connectivity index (χ3n) is 4.71. The van der Waals surface area contributed by atoms with Gasteiger partial charge in [-0.05, 0) is 69.9 Å². The largest absolute Gasteiger partial charge is 0.491 e. The van der Waals surface area contributed by atoms with E-state index in [9.17, 15) is 4.79 Å². The Morgan fingerprint density at radius 3 is 2.83 bits per heavy atom. The van der Waals surface area contributed by atoms with Gasteiger partial charge in [0.15, 0.2) is 0 Å². The fourth-order valence-corrected chi connectivity index (χ4v) is 3.50. The number of carbonyl (C=O) groups is 1. The SMILES string of the molecule is Cc1ccc(SON=CCCCOc2cccc3c2NC(=O)OC3(C)C)cc1C. The Balaban J connectivity index is 1.43. The van der Waals surface area contributed by atoms with Gasteiger partial charge in [0.05, 0.1) is 17.2 Å². The van der Waals surface area contributed by atoms with Gasteiger partial charge in [0.2, 0.25) is 0 Å². The van der Waals surface area contributed by atoms with Gasteiger partial charge >= 0.3 is 6.09 Å². The monoisotopic (exact) mass is 414 g/mol. The van der Waals surface area contributed by atoms with Crippen LogP contribution in [-0.2, 0) is 14.6 Å². The van der Waals surface area contributed by atoms with Crippen LogP contribution in [0.1, 0.15) is 43.4 Å². The lowest BCUT2D eigenvalue weighted by molar-refractivity contribution is 0.0416. The molecule has 2 aromatic carbocycles. The summed E-state index contributed by atoms with van der Waals surface area (Å²) in [5.41, 5.74) is 3.37. The van der Waals surface area contributed by atoms with Crippen molar-refractivity contribution in [1.29, 1.82) is 0 Å². The predicted molar refractivity (Wildman–Crippen MR) is 116 cm³/mol. The molecular weight excluding hydrogens is 388 g/mol. The van der Waals surface area contributed by atoms with Gasteiger partial charge in [-0.1, -0.05) is 23.4 Å². The molecule has 6 nitrogen and oxygen atoms in total. The van der Waals surface area contributed by atoms with Crippen molar-refractivity contribution in [3.05, 3.63) is 53.1 Å². The van der Waals surface area contributed by atoms with E-state index >= 15 is 0 Å². The van der Waals surface area contributed by atoms with Crippen LogP contribution in [0.15, 0.2) is 46.4 Å². The highest BCUT2D eigenvalue weighted by Gasteiger charge is 2.34. The van der Waals surface area contributed by atoms with Gasteiger partial charge in [-0.25, -0.2) is 4.79 Å². The summed E-state index contributed by atoms with van der Waals surface area (Å²) in [6, 6.07) is 11.8. The van der Waals surface area contributed by atoms with Crippen molar-refractivity contribution in [1.82, 2.24) is 0 Å². The quantitative estimate of drug-likeness (QED) is 0.249. The Labute approximate surface area is 175 Å². The first-order valence-corrected chi connectivity index (χ1v) is 10.3. The molecule has 0 atom stereocenters. The van der Waals surface area contributed by atoms with E-state index in [0.717, 1.165) is 23.3 Å². The fourth-order valence-electron chi connectivity index (χ4n) is 2.97. The fraction of sp³-hybridized carbons (Fsp3) is 0.364. The molecule has 29 heavy (non-hydrogen) atoms. The number of cyclic esters (lactones) is 1. The molecule has 1 amide bonds. The van der Waals surface area contributed by atoms with E-state index in [1.165, 1.54) is 23.2 Å². The standard InChI is InChI=1S/C22H26N2O4S/c1-15-10-11-17(14-16(15)2)29-28-23-12-5-6-13-26-19-9-7-8-18-20(19)24-21(25)27-22(18,3)4/h7-12,14H,5-6,13H2,1-4H3,(H,24,25). The van der Waals surface area contributed by atoms with Gasteiger partial charge in [0, 0.05) is 11.8 Å². The van der Waals surface area contributed by atoms with Crippen molar-refractivity contribution >= 4 is 30.0 Å². The van der Waals surface area contributed by atoms with Crippen LogP contribution in [0.3, 0.4) is 0 Å². The maximum atomic E-state index is 11.8. The number of unbranched alkanes of at least 4 members (excludes halogenated alkanes) is 1. The Morgan fingerprint density at radius 2 is 2.03 bits per heavy atom. The van der Waals surface area contributed by atoms with Gasteiger partial charge < -0.3 is 13.8 Å². The van der Waals surface area contributed by atoms with E-state index < -0.39 is 11.7 Å². The molecule has 0 aromatic heterocycles. The van der Waals surface area contributed by atoms with Gasteiger partial charge in [-0.15, -0.1) is 0 Å². The number of amides is 1. The van der Waals surface area contributed by atoms with Gasteiger partial charge in [-0.2, -0.15) is 0 Å². The van der Waals surface area contributed by atoms with Crippen LogP contribution in [-0.4, -0.2) is 18.9 Å². The number of hydrogen-bond donors (Lipinski definition) is 1.